The summed E-state index contributed by atoms with van der Waals surface area (Å²) in [6.45, 7) is 1.09. The molecule has 0 aromatic heterocycles. The Labute approximate surface area is 247 Å². The van der Waals surface area contributed by atoms with E-state index in [4.69, 9.17) is 5.73 Å². The molecule has 0 spiro atoms. The average Bonchev–Trinajstić information content (AvgIpc) is 3.67. The number of hydrogen-bond donors (Lipinski definition) is 5. The number of nitrogens with two attached hydrogens (primary N) is 1. The number of hydrogen-bond acceptors (Lipinski definition) is 8. The standard InChI is InChI=1S/C33H33FN2O7/c34-28-19(14-36(13-15-5-6-15)21-8-16-3-1-2-4-17(16)9-21)11-23(37)26-22(28)10-18-7-20-12-24(38)27(32(35)42)31(41)33(20,43)30(40)25(18)29(26)39/h1-4,11,15,18,20-21,37,39,41,43H,5-10,12-14H2,(H2,35,42)/t18?,20-,33-/m0/s1. The van der Waals surface area contributed by atoms with Crippen LogP contribution in [0.15, 0.2) is 47.2 Å². The summed E-state index contributed by atoms with van der Waals surface area (Å²) in [5.41, 5.74) is 4.18. The maximum Gasteiger partial charge on any atom is 0.255 e. The van der Waals surface area contributed by atoms with Gasteiger partial charge in [-0.1, -0.05) is 24.3 Å². The maximum absolute atomic E-state index is 16.3. The molecule has 0 aliphatic heterocycles. The molecule has 1 unspecified atom stereocenters. The fraction of sp³-hybridized carbons (Fsp3) is 0.424. The maximum atomic E-state index is 16.3. The van der Waals surface area contributed by atoms with E-state index < -0.39 is 70.0 Å². The van der Waals surface area contributed by atoms with Gasteiger partial charge in [-0.3, -0.25) is 19.3 Å². The van der Waals surface area contributed by atoms with Crippen LogP contribution in [0.3, 0.4) is 0 Å². The Kier molecular flexibility index (Phi) is 6.30. The second-order valence-corrected chi connectivity index (χ2v) is 12.8. The van der Waals surface area contributed by atoms with Gasteiger partial charge in [0.25, 0.3) is 5.91 Å². The van der Waals surface area contributed by atoms with Crippen LogP contribution < -0.4 is 5.73 Å². The van der Waals surface area contributed by atoms with Gasteiger partial charge in [-0.25, -0.2) is 4.39 Å². The smallest absolute Gasteiger partial charge is 0.255 e. The number of aliphatic hydroxyl groups excluding tert-OH is 2. The molecule has 3 atom stereocenters. The molecular formula is C33H33FN2O7. The van der Waals surface area contributed by atoms with E-state index in [1.54, 1.807) is 0 Å². The molecule has 2 aromatic rings. The number of aliphatic hydroxyl groups is 3. The monoisotopic (exact) mass is 588 g/mol. The lowest BCUT2D eigenvalue weighted by atomic mass is 9.59. The Morgan fingerprint density at radius 3 is 2.35 bits per heavy atom. The van der Waals surface area contributed by atoms with Gasteiger partial charge in [0.05, 0.1) is 5.56 Å². The van der Waals surface area contributed by atoms with Crippen LogP contribution in [-0.4, -0.2) is 61.0 Å². The Bertz CT molecular complexity index is 1650. The summed E-state index contributed by atoms with van der Waals surface area (Å²) in [5, 5.41) is 44.5. The van der Waals surface area contributed by atoms with E-state index in [9.17, 15) is 34.8 Å². The molecular weight excluding hydrogens is 555 g/mol. The number of halogens is 1. The van der Waals surface area contributed by atoms with Gasteiger partial charge in [0, 0.05) is 48.2 Å². The number of Topliss-reactive ketones (excluding diaryl/α,β-unsaturated/α-hetero) is 2. The Hall–Kier alpha value is -4.02. The van der Waals surface area contributed by atoms with Crippen LogP contribution in [0.5, 0.6) is 5.75 Å². The number of phenols is 1. The number of phenolic OH excluding ortho intramolecular Hbond substituents is 1. The molecule has 0 saturated heterocycles. The second kappa shape index (κ2) is 9.75. The first kappa shape index (κ1) is 27.8. The summed E-state index contributed by atoms with van der Waals surface area (Å²) in [7, 11) is 0. The van der Waals surface area contributed by atoms with E-state index in [1.807, 2.05) is 12.1 Å². The quantitative estimate of drug-likeness (QED) is 0.322. The number of rotatable bonds is 6. The van der Waals surface area contributed by atoms with Gasteiger partial charge in [-0.15, -0.1) is 0 Å². The minimum absolute atomic E-state index is 0.0402. The first-order valence-corrected chi connectivity index (χ1v) is 14.8. The van der Waals surface area contributed by atoms with Gasteiger partial charge < -0.3 is 26.2 Å². The lowest BCUT2D eigenvalue weighted by molar-refractivity contribution is -0.147. The summed E-state index contributed by atoms with van der Waals surface area (Å²) in [5.74, 6) is -7.27. The molecule has 10 heteroatoms. The minimum Gasteiger partial charge on any atom is -0.508 e. The third-order valence-corrected chi connectivity index (χ3v) is 10.2. The van der Waals surface area contributed by atoms with Gasteiger partial charge in [-0.2, -0.15) is 0 Å². The van der Waals surface area contributed by atoms with Crippen molar-refractivity contribution < 1.29 is 39.2 Å². The number of carbonyl (C=O) groups excluding carboxylic acids is 3. The number of amides is 1. The number of carbonyl (C=O) groups is 3. The zero-order chi connectivity index (χ0) is 30.4. The van der Waals surface area contributed by atoms with Crippen molar-refractivity contribution in [3.8, 4) is 5.75 Å². The highest BCUT2D eigenvalue weighted by atomic mass is 19.1. The average molecular weight is 589 g/mol. The molecule has 0 radical (unpaired) electrons. The van der Waals surface area contributed by atoms with Crippen LogP contribution in [0.2, 0.25) is 0 Å². The first-order chi connectivity index (χ1) is 20.5. The van der Waals surface area contributed by atoms with Crippen molar-refractivity contribution in [1.29, 1.82) is 0 Å². The fourth-order valence-corrected chi connectivity index (χ4v) is 7.83. The van der Waals surface area contributed by atoms with Crippen LogP contribution in [0.1, 0.15) is 53.5 Å². The number of nitrogens with zero attached hydrogens (tertiary/aromatic N) is 1. The number of ketones is 2. The summed E-state index contributed by atoms with van der Waals surface area (Å²) in [4.78, 5) is 40.4. The molecule has 43 heavy (non-hydrogen) atoms. The molecule has 7 rings (SSSR count). The molecule has 5 aliphatic carbocycles. The Morgan fingerprint density at radius 2 is 1.72 bits per heavy atom. The Balaban J connectivity index is 1.25. The zero-order valence-electron chi connectivity index (χ0n) is 23.5. The predicted molar refractivity (Wildman–Crippen MR) is 152 cm³/mol. The highest BCUT2D eigenvalue weighted by Crippen LogP contribution is 2.52. The molecule has 1 amide bonds. The summed E-state index contributed by atoms with van der Waals surface area (Å²) in [6.07, 6.45) is 3.47. The number of benzene rings is 2. The van der Waals surface area contributed by atoms with Crippen molar-refractivity contribution in [2.75, 3.05) is 6.54 Å². The summed E-state index contributed by atoms with van der Waals surface area (Å²) in [6, 6.07) is 9.78. The van der Waals surface area contributed by atoms with E-state index in [-0.39, 0.29) is 42.1 Å². The third-order valence-electron chi connectivity index (χ3n) is 10.2. The molecule has 9 nitrogen and oxygen atoms in total. The lowest BCUT2D eigenvalue weighted by Gasteiger charge is -2.46. The number of primary amides is 1. The molecule has 2 aromatic carbocycles. The zero-order valence-corrected chi connectivity index (χ0v) is 23.5. The molecule has 224 valence electrons. The molecule has 2 fully saturated rings. The van der Waals surface area contributed by atoms with E-state index in [1.165, 1.54) is 17.2 Å². The Morgan fingerprint density at radius 1 is 1.05 bits per heavy atom. The largest absolute Gasteiger partial charge is 0.508 e. The number of fused-ring (bicyclic) bond motifs is 4. The van der Waals surface area contributed by atoms with E-state index in [2.05, 4.69) is 17.0 Å². The van der Waals surface area contributed by atoms with Crippen LogP contribution in [-0.2, 0) is 40.2 Å². The van der Waals surface area contributed by atoms with Crippen molar-refractivity contribution in [3.05, 3.63) is 80.9 Å². The van der Waals surface area contributed by atoms with Gasteiger partial charge in [0.15, 0.2) is 11.4 Å². The van der Waals surface area contributed by atoms with Gasteiger partial charge in [-0.05, 0) is 67.6 Å². The van der Waals surface area contributed by atoms with Crippen LogP contribution in [0, 0.1) is 23.6 Å². The second-order valence-electron chi connectivity index (χ2n) is 12.8. The minimum atomic E-state index is -2.65. The molecule has 2 saturated carbocycles. The van der Waals surface area contributed by atoms with Crippen molar-refractivity contribution >= 4 is 23.2 Å². The van der Waals surface area contributed by atoms with E-state index >= 15 is 4.39 Å². The summed E-state index contributed by atoms with van der Waals surface area (Å²) < 4.78 is 16.3. The fourth-order valence-electron chi connectivity index (χ4n) is 7.83. The van der Waals surface area contributed by atoms with Crippen LogP contribution >= 0.6 is 0 Å². The predicted octanol–water partition coefficient (Wildman–Crippen LogP) is 2.94. The van der Waals surface area contributed by atoms with Gasteiger partial charge in [0.2, 0.25) is 5.78 Å². The van der Waals surface area contributed by atoms with Crippen molar-refractivity contribution in [3.63, 3.8) is 0 Å². The normalized spacial score (nSPS) is 26.9. The van der Waals surface area contributed by atoms with Crippen molar-refractivity contribution in [1.82, 2.24) is 4.90 Å². The number of aromatic hydroxyl groups is 1. The topological polar surface area (TPSA) is 161 Å². The molecule has 0 heterocycles. The lowest BCUT2D eigenvalue weighted by Crippen LogP contribution is -2.58. The third kappa shape index (κ3) is 4.22. The molecule has 5 aliphatic rings. The SMILES string of the molecule is NC(=O)C1=C(O)[C@@]2(O)C(=O)C3=C(O)c4c(O)cc(CN(CC5CC5)C5Cc6ccccc6C5)c(F)c4CC3C[C@H]2CC1=O. The molecule has 0 bridgehead atoms. The van der Waals surface area contributed by atoms with Gasteiger partial charge in [0.1, 0.15) is 28.7 Å². The van der Waals surface area contributed by atoms with Crippen molar-refractivity contribution in [2.45, 2.75) is 63.1 Å². The van der Waals surface area contributed by atoms with E-state index in [0.717, 1.165) is 32.2 Å². The van der Waals surface area contributed by atoms with E-state index in [0.29, 0.717) is 11.5 Å². The van der Waals surface area contributed by atoms with Crippen LogP contribution in [0.4, 0.5) is 4.39 Å². The molecule has 6 N–H and O–H groups in total. The van der Waals surface area contributed by atoms with Gasteiger partial charge >= 0.3 is 0 Å². The first-order valence-electron chi connectivity index (χ1n) is 14.8. The highest BCUT2D eigenvalue weighted by Gasteiger charge is 2.60. The summed E-state index contributed by atoms with van der Waals surface area (Å²) >= 11 is 0. The van der Waals surface area contributed by atoms with Crippen LogP contribution in [0.25, 0.3) is 5.76 Å². The van der Waals surface area contributed by atoms with Crippen molar-refractivity contribution in [2.24, 2.45) is 23.5 Å². The highest BCUT2D eigenvalue weighted by molar-refractivity contribution is 6.22.